The van der Waals surface area contributed by atoms with Gasteiger partial charge in [-0.2, -0.15) is 0 Å². The fourth-order valence-electron chi connectivity index (χ4n) is 12.0. The lowest BCUT2D eigenvalue weighted by Gasteiger charge is -2.60. The van der Waals surface area contributed by atoms with Crippen molar-refractivity contribution < 1.29 is 28.2 Å². The van der Waals surface area contributed by atoms with E-state index in [-0.39, 0.29) is 29.2 Å². The number of aliphatic imine (C=N–C) groups is 1. The van der Waals surface area contributed by atoms with E-state index in [0.29, 0.717) is 61.5 Å². The summed E-state index contributed by atoms with van der Waals surface area (Å²) in [6.07, 6.45) is 13.0. The zero-order valence-electron chi connectivity index (χ0n) is 33.0. The van der Waals surface area contributed by atoms with Gasteiger partial charge >= 0.3 is 0 Å². The monoisotopic (exact) mass is 753 g/mol. The standard InChI is InChI=1S/C46H60FN3O5/c1-45-17-15-33(51)29-32(45)10-11-36-38-12-14-43(46(38,2)18-16-39(36)45)55-26-6-25-54-24-5-19-49-20-22-50(23-21-49)44(53)37-27-31(9-13-40(37)47)28-41-34-7-3-4-8-35(34)42(52)30-48-41/h3-4,7-9,13,27,32,36,38-39,43H,5-6,10-12,14-26,28-30H2,1-2H3/t32-,36-,38-,39-,43-,45-,46-/m0/s1. The molecule has 296 valence electrons. The number of ketones is 2. The predicted molar refractivity (Wildman–Crippen MR) is 211 cm³/mol. The first-order chi connectivity index (χ1) is 26.6. The van der Waals surface area contributed by atoms with Crippen LogP contribution in [0.15, 0.2) is 47.5 Å². The molecule has 0 unspecified atom stereocenters. The Bertz CT molecular complexity index is 1790. The molecule has 55 heavy (non-hydrogen) atoms. The van der Waals surface area contributed by atoms with Crippen molar-refractivity contribution in [2.45, 2.75) is 97.0 Å². The Morgan fingerprint density at radius 3 is 2.49 bits per heavy atom. The summed E-state index contributed by atoms with van der Waals surface area (Å²) >= 11 is 0. The molecule has 2 aliphatic heterocycles. The Labute approximate surface area is 326 Å². The quantitative estimate of drug-likeness (QED) is 0.208. The van der Waals surface area contributed by atoms with Crippen LogP contribution in [0.5, 0.6) is 0 Å². The number of nitrogens with zero attached hydrogens (tertiary/aromatic N) is 3. The molecular weight excluding hydrogens is 694 g/mol. The average Bonchev–Trinajstić information content (AvgIpc) is 3.54. The van der Waals surface area contributed by atoms with Crippen molar-refractivity contribution in [2.24, 2.45) is 39.5 Å². The zero-order valence-corrected chi connectivity index (χ0v) is 33.0. The van der Waals surface area contributed by atoms with Gasteiger partial charge in [-0.15, -0.1) is 0 Å². The van der Waals surface area contributed by atoms with E-state index in [1.54, 1.807) is 17.0 Å². The lowest BCUT2D eigenvalue weighted by Crippen LogP contribution is -2.54. The Kier molecular flexibility index (Phi) is 11.4. The minimum atomic E-state index is -0.514. The van der Waals surface area contributed by atoms with Crippen molar-refractivity contribution in [1.82, 2.24) is 9.80 Å². The van der Waals surface area contributed by atoms with Gasteiger partial charge in [0.15, 0.2) is 5.78 Å². The Balaban J connectivity index is 0.720. The van der Waals surface area contributed by atoms with Crippen LogP contribution < -0.4 is 0 Å². The van der Waals surface area contributed by atoms with E-state index >= 15 is 0 Å². The van der Waals surface area contributed by atoms with E-state index in [9.17, 15) is 18.8 Å². The molecule has 6 aliphatic rings. The maximum absolute atomic E-state index is 15.0. The normalized spacial score (nSPS) is 32.0. The van der Waals surface area contributed by atoms with Crippen LogP contribution in [0.2, 0.25) is 0 Å². The van der Waals surface area contributed by atoms with Crippen molar-refractivity contribution in [3.05, 3.63) is 70.5 Å². The fraction of sp³-hybridized carbons (Fsp3) is 0.652. The molecule has 8 rings (SSSR count). The van der Waals surface area contributed by atoms with Gasteiger partial charge in [-0.3, -0.25) is 24.3 Å². The number of Topliss-reactive ketones (excluding diaryl/α,β-unsaturated/α-hetero) is 2. The fourth-order valence-corrected chi connectivity index (χ4v) is 12.0. The average molecular weight is 754 g/mol. The van der Waals surface area contributed by atoms with Crippen LogP contribution in [0.25, 0.3) is 0 Å². The number of carbonyl (C=O) groups excluding carboxylic acids is 3. The lowest BCUT2D eigenvalue weighted by molar-refractivity contribution is -0.145. The molecule has 4 saturated carbocycles. The molecular formula is C46H60FN3O5. The van der Waals surface area contributed by atoms with E-state index in [1.165, 1.54) is 44.6 Å². The molecule has 0 aromatic heterocycles. The summed E-state index contributed by atoms with van der Waals surface area (Å²) < 4.78 is 27.6. The Hall–Kier alpha value is -3.27. The minimum Gasteiger partial charge on any atom is -0.381 e. The van der Waals surface area contributed by atoms with Gasteiger partial charge in [0.05, 0.1) is 11.7 Å². The van der Waals surface area contributed by atoms with Crippen LogP contribution in [-0.2, 0) is 20.7 Å². The number of fused-ring (bicyclic) bond motifs is 6. The first-order valence-corrected chi connectivity index (χ1v) is 21.3. The summed E-state index contributed by atoms with van der Waals surface area (Å²) in [4.78, 5) is 46.6. The first kappa shape index (κ1) is 38.6. The van der Waals surface area contributed by atoms with Gasteiger partial charge in [0, 0.05) is 88.6 Å². The van der Waals surface area contributed by atoms with Crippen molar-refractivity contribution >= 4 is 23.2 Å². The van der Waals surface area contributed by atoms with E-state index in [4.69, 9.17) is 9.47 Å². The number of amides is 1. The molecule has 9 heteroatoms. The molecule has 2 aromatic rings. The molecule has 4 aliphatic carbocycles. The highest BCUT2D eigenvalue weighted by molar-refractivity contribution is 6.15. The Morgan fingerprint density at radius 1 is 0.873 bits per heavy atom. The van der Waals surface area contributed by atoms with Crippen molar-refractivity contribution in [1.29, 1.82) is 0 Å². The molecule has 2 aromatic carbocycles. The van der Waals surface area contributed by atoms with Gasteiger partial charge in [0.2, 0.25) is 0 Å². The van der Waals surface area contributed by atoms with Crippen LogP contribution in [-0.4, -0.2) is 98.2 Å². The Morgan fingerprint density at radius 2 is 1.65 bits per heavy atom. The second kappa shape index (κ2) is 16.3. The van der Waals surface area contributed by atoms with Gasteiger partial charge in [0.1, 0.15) is 18.1 Å². The molecule has 2 heterocycles. The lowest BCUT2D eigenvalue weighted by atomic mass is 9.45. The van der Waals surface area contributed by atoms with Crippen molar-refractivity contribution in [2.75, 3.05) is 59.1 Å². The van der Waals surface area contributed by atoms with Crippen LogP contribution in [0.1, 0.15) is 116 Å². The van der Waals surface area contributed by atoms with Gasteiger partial charge < -0.3 is 14.4 Å². The van der Waals surface area contributed by atoms with Gasteiger partial charge in [-0.05, 0) is 110 Å². The summed E-state index contributed by atoms with van der Waals surface area (Å²) in [6.45, 7) is 10.9. The maximum atomic E-state index is 15.0. The van der Waals surface area contributed by atoms with Crippen LogP contribution in [0.3, 0.4) is 0 Å². The van der Waals surface area contributed by atoms with E-state index < -0.39 is 5.82 Å². The number of carbonyl (C=O) groups is 3. The number of halogens is 1. The zero-order chi connectivity index (χ0) is 38.2. The van der Waals surface area contributed by atoms with E-state index in [1.807, 2.05) is 24.3 Å². The molecule has 8 nitrogen and oxygen atoms in total. The summed E-state index contributed by atoms with van der Waals surface area (Å²) in [5, 5.41) is 0. The van der Waals surface area contributed by atoms with Crippen molar-refractivity contribution in [3.63, 3.8) is 0 Å². The van der Waals surface area contributed by atoms with Crippen LogP contribution in [0.4, 0.5) is 4.39 Å². The maximum Gasteiger partial charge on any atom is 0.256 e. The van der Waals surface area contributed by atoms with Gasteiger partial charge in [-0.25, -0.2) is 4.39 Å². The number of benzene rings is 2. The molecule has 1 saturated heterocycles. The third-order valence-electron chi connectivity index (χ3n) is 15.2. The largest absolute Gasteiger partial charge is 0.381 e. The highest BCUT2D eigenvalue weighted by Crippen LogP contribution is 2.66. The van der Waals surface area contributed by atoms with Crippen molar-refractivity contribution in [3.8, 4) is 0 Å². The molecule has 0 N–H and O–H groups in total. The van der Waals surface area contributed by atoms with Crippen LogP contribution >= 0.6 is 0 Å². The minimum absolute atomic E-state index is 0.00133. The number of hydrogen-bond donors (Lipinski definition) is 0. The molecule has 0 bridgehead atoms. The van der Waals surface area contributed by atoms with Crippen LogP contribution in [0, 0.1) is 40.3 Å². The van der Waals surface area contributed by atoms with Gasteiger partial charge in [-0.1, -0.05) is 44.2 Å². The summed E-state index contributed by atoms with van der Waals surface area (Å²) in [5.74, 6) is 2.66. The summed E-state index contributed by atoms with van der Waals surface area (Å²) in [7, 11) is 0. The third kappa shape index (κ3) is 7.74. The van der Waals surface area contributed by atoms with E-state index in [0.717, 1.165) is 92.9 Å². The molecule has 5 fully saturated rings. The molecule has 7 atom stereocenters. The van der Waals surface area contributed by atoms with Gasteiger partial charge in [0.25, 0.3) is 5.91 Å². The SMILES string of the molecule is C[C@]12CCC(=O)C[C@@H]1CC[C@@H]1[C@@H]2CC[C@]2(C)[C@@H](OCCCOCCCN3CCN(C(=O)c4cc(CC5=NCC(=O)c6ccccc65)ccc4F)CC3)CC[C@@H]12. The summed E-state index contributed by atoms with van der Waals surface area (Å²) in [5.41, 5.74) is 3.79. The third-order valence-corrected chi connectivity index (χ3v) is 15.2. The second-order valence-corrected chi connectivity index (χ2v) is 18.1. The molecule has 0 spiro atoms. The first-order valence-electron chi connectivity index (χ1n) is 21.3. The number of rotatable bonds is 12. The highest BCUT2D eigenvalue weighted by Gasteiger charge is 2.60. The summed E-state index contributed by atoms with van der Waals surface area (Å²) in [6, 6.07) is 12.2. The topological polar surface area (TPSA) is 88.5 Å². The second-order valence-electron chi connectivity index (χ2n) is 18.1. The molecule has 0 radical (unpaired) electrons. The smallest absolute Gasteiger partial charge is 0.256 e. The number of ether oxygens (including phenoxy) is 2. The number of piperazine rings is 1. The molecule has 1 amide bonds. The number of hydrogen-bond acceptors (Lipinski definition) is 7. The van der Waals surface area contributed by atoms with E-state index in [2.05, 4.69) is 23.7 Å². The predicted octanol–water partition coefficient (Wildman–Crippen LogP) is 7.61. The highest BCUT2D eigenvalue weighted by atomic mass is 19.1.